The minimum atomic E-state index is -3.46. The molecule has 0 heterocycles. The Hall–Kier alpha value is -0.360. The summed E-state index contributed by atoms with van der Waals surface area (Å²) in [5.41, 5.74) is 1.35. The molecule has 0 saturated carbocycles. The van der Waals surface area contributed by atoms with E-state index in [-0.39, 0.29) is 4.90 Å². The average molecular weight is 365 g/mol. The van der Waals surface area contributed by atoms with E-state index in [4.69, 9.17) is 11.6 Å². The van der Waals surface area contributed by atoms with Crippen molar-refractivity contribution < 1.29 is 8.42 Å². The van der Waals surface area contributed by atoms with Gasteiger partial charge in [-0.15, -0.1) is 0 Å². The molecule has 6 heteroatoms. The van der Waals surface area contributed by atoms with Gasteiger partial charge in [0.25, 0.3) is 0 Å². The molecule has 0 saturated heterocycles. The second-order valence-electron chi connectivity index (χ2n) is 4.48. The van der Waals surface area contributed by atoms with Gasteiger partial charge in [0.15, 0.2) is 0 Å². The third kappa shape index (κ3) is 4.05. The van der Waals surface area contributed by atoms with Crippen LogP contribution in [0.1, 0.15) is 25.7 Å². The lowest BCUT2D eigenvalue weighted by atomic mass is 10.2. The van der Waals surface area contributed by atoms with Crippen molar-refractivity contribution in [2.75, 3.05) is 6.54 Å². The number of benzene rings is 1. The lowest BCUT2D eigenvalue weighted by Crippen LogP contribution is -2.25. The van der Waals surface area contributed by atoms with Crippen molar-refractivity contribution in [1.29, 1.82) is 0 Å². The molecule has 3 nitrogen and oxygen atoms in total. The lowest BCUT2D eigenvalue weighted by Gasteiger charge is -2.08. The molecule has 1 aromatic carbocycles. The third-order valence-electron chi connectivity index (χ3n) is 3.07. The van der Waals surface area contributed by atoms with E-state index in [1.165, 1.54) is 24.1 Å². The summed E-state index contributed by atoms with van der Waals surface area (Å²) in [5.74, 6) is 0. The molecule has 1 aliphatic carbocycles. The van der Waals surface area contributed by atoms with Gasteiger partial charge < -0.3 is 0 Å². The van der Waals surface area contributed by atoms with Crippen molar-refractivity contribution >= 4 is 37.6 Å². The second kappa shape index (κ2) is 6.39. The zero-order valence-corrected chi connectivity index (χ0v) is 13.5. The van der Waals surface area contributed by atoms with Crippen LogP contribution in [-0.4, -0.2) is 15.0 Å². The van der Waals surface area contributed by atoms with Crippen molar-refractivity contribution in [3.8, 4) is 0 Å². The Kier molecular flexibility index (Phi) is 5.06. The van der Waals surface area contributed by atoms with Crippen LogP contribution in [-0.2, 0) is 10.0 Å². The van der Waals surface area contributed by atoms with E-state index in [9.17, 15) is 8.42 Å². The van der Waals surface area contributed by atoms with Crippen molar-refractivity contribution in [3.63, 3.8) is 0 Å². The van der Waals surface area contributed by atoms with Gasteiger partial charge in [0.2, 0.25) is 10.0 Å². The quantitative estimate of drug-likeness (QED) is 0.806. The lowest BCUT2D eigenvalue weighted by molar-refractivity contribution is 0.581. The molecule has 104 valence electrons. The van der Waals surface area contributed by atoms with Crippen LogP contribution in [0.5, 0.6) is 0 Å². The van der Waals surface area contributed by atoms with E-state index in [1.54, 1.807) is 6.07 Å². The predicted octanol–water partition coefficient (Wildman–Crippen LogP) is 3.88. The van der Waals surface area contributed by atoms with Gasteiger partial charge in [0, 0.05) is 11.0 Å². The van der Waals surface area contributed by atoms with Crippen LogP contribution in [0.25, 0.3) is 0 Å². The summed E-state index contributed by atoms with van der Waals surface area (Å²) in [5, 5.41) is 0.495. The molecule has 0 radical (unpaired) electrons. The van der Waals surface area contributed by atoms with E-state index in [0.29, 0.717) is 16.0 Å². The first-order valence-electron chi connectivity index (χ1n) is 6.12. The fourth-order valence-electron chi connectivity index (χ4n) is 2.04. The van der Waals surface area contributed by atoms with Crippen LogP contribution in [0.4, 0.5) is 0 Å². The van der Waals surface area contributed by atoms with Gasteiger partial charge in [0.05, 0.1) is 9.92 Å². The Bertz CT molecular complexity index is 599. The molecule has 19 heavy (non-hydrogen) atoms. The van der Waals surface area contributed by atoms with Gasteiger partial charge in [0.1, 0.15) is 0 Å². The van der Waals surface area contributed by atoms with E-state index in [1.807, 2.05) is 0 Å². The number of rotatable bonds is 5. The molecule has 0 fully saturated rings. The van der Waals surface area contributed by atoms with Gasteiger partial charge in [-0.05, 0) is 59.8 Å². The smallest absolute Gasteiger partial charge is 0.211 e. The molecule has 0 bridgehead atoms. The zero-order chi connectivity index (χ0) is 13.9. The Labute approximate surface area is 127 Å². The Morgan fingerprint density at radius 1 is 1.37 bits per heavy atom. The zero-order valence-electron chi connectivity index (χ0n) is 10.3. The van der Waals surface area contributed by atoms with Gasteiger partial charge in [-0.2, -0.15) is 0 Å². The number of halogens is 2. The molecule has 0 amide bonds. The van der Waals surface area contributed by atoms with Crippen molar-refractivity contribution in [1.82, 2.24) is 4.72 Å². The second-order valence-corrected chi connectivity index (χ2v) is 7.51. The summed E-state index contributed by atoms with van der Waals surface area (Å²) in [7, 11) is -3.46. The van der Waals surface area contributed by atoms with Gasteiger partial charge in [-0.25, -0.2) is 13.1 Å². The Morgan fingerprint density at radius 2 is 2.16 bits per heavy atom. The van der Waals surface area contributed by atoms with Crippen LogP contribution < -0.4 is 4.72 Å². The van der Waals surface area contributed by atoms with Crippen molar-refractivity contribution in [2.24, 2.45) is 0 Å². The van der Waals surface area contributed by atoms with E-state index in [0.717, 1.165) is 19.3 Å². The average Bonchev–Trinajstić information content (AvgIpc) is 2.85. The third-order valence-corrected chi connectivity index (χ3v) is 5.75. The highest BCUT2D eigenvalue weighted by molar-refractivity contribution is 9.10. The highest BCUT2D eigenvalue weighted by Gasteiger charge is 2.15. The molecule has 0 unspecified atom stereocenters. The first-order valence-corrected chi connectivity index (χ1v) is 8.77. The molecule has 0 atom stereocenters. The summed E-state index contributed by atoms with van der Waals surface area (Å²) in [6.07, 6.45) is 6.38. The monoisotopic (exact) mass is 363 g/mol. The fraction of sp³-hybridized carbons (Fsp3) is 0.385. The maximum absolute atomic E-state index is 12.1. The molecular weight excluding hydrogens is 350 g/mol. The van der Waals surface area contributed by atoms with E-state index in [2.05, 4.69) is 26.7 Å². The number of sulfonamides is 1. The van der Waals surface area contributed by atoms with Crippen LogP contribution in [0.15, 0.2) is 39.2 Å². The molecule has 1 aromatic rings. The fourth-order valence-corrected chi connectivity index (χ4v) is 3.74. The Morgan fingerprint density at radius 3 is 2.79 bits per heavy atom. The van der Waals surface area contributed by atoms with Gasteiger partial charge in [-0.3, -0.25) is 0 Å². The summed E-state index contributed by atoms with van der Waals surface area (Å²) in [4.78, 5) is 0.226. The topological polar surface area (TPSA) is 46.2 Å². The number of hydrogen-bond donors (Lipinski definition) is 1. The summed E-state index contributed by atoms with van der Waals surface area (Å²) in [6, 6.07) is 4.59. The Balaban J connectivity index is 1.99. The number of allylic oxidation sites excluding steroid dienone is 1. The number of hydrogen-bond acceptors (Lipinski definition) is 2. The molecule has 0 aliphatic heterocycles. The maximum atomic E-state index is 12.1. The molecular formula is C13H15BrClNO2S. The van der Waals surface area contributed by atoms with Crippen LogP contribution >= 0.6 is 27.5 Å². The van der Waals surface area contributed by atoms with Gasteiger partial charge >= 0.3 is 0 Å². The minimum absolute atomic E-state index is 0.226. The first-order chi connectivity index (χ1) is 8.99. The van der Waals surface area contributed by atoms with E-state index < -0.39 is 10.0 Å². The molecule has 0 aromatic heterocycles. The van der Waals surface area contributed by atoms with E-state index >= 15 is 0 Å². The van der Waals surface area contributed by atoms with Crippen LogP contribution in [0.3, 0.4) is 0 Å². The summed E-state index contributed by atoms with van der Waals surface area (Å²) in [6.45, 7) is 0.439. The number of nitrogens with one attached hydrogen (secondary N) is 1. The first kappa shape index (κ1) is 15.0. The minimum Gasteiger partial charge on any atom is -0.211 e. The van der Waals surface area contributed by atoms with Crippen LogP contribution in [0.2, 0.25) is 5.02 Å². The SMILES string of the molecule is O=S(=O)(NCCC1=CCCC1)c1ccc(Cl)c(Br)c1. The predicted molar refractivity (Wildman–Crippen MR) is 80.9 cm³/mol. The molecule has 2 rings (SSSR count). The summed E-state index contributed by atoms with van der Waals surface area (Å²) >= 11 is 9.08. The normalized spacial score (nSPS) is 15.6. The largest absolute Gasteiger partial charge is 0.240 e. The van der Waals surface area contributed by atoms with Crippen LogP contribution in [0, 0.1) is 0 Å². The highest BCUT2D eigenvalue weighted by Crippen LogP contribution is 2.25. The van der Waals surface area contributed by atoms with Crippen molar-refractivity contribution in [2.45, 2.75) is 30.6 Å². The standard InChI is InChI=1S/C13H15BrClNO2S/c14-12-9-11(5-6-13(12)15)19(17,18)16-8-7-10-3-1-2-4-10/h3,5-6,9,16H,1-2,4,7-8H2. The van der Waals surface area contributed by atoms with Gasteiger partial charge in [-0.1, -0.05) is 23.3 Å². The highest BCUT2D eigenvalue weighted by atomic mass is 79.9. The maximum Gasteiger partial charge on any atom is 0.240 e. The molecule has 0 spiro atoms. The van der Waals surface area contributed by atoms with Crippen molar-refractivity contribution in [3.05, 3.63) is 39.3 Å². The molecule has 1 aliphatic rings. The summed E-state index contributed by atoms with van der Waals surface area (Å²) < 4.78 is 27.3. The molecule has 1 N–H and O–H groups in total.